The quantitative estimate of drug-likeness (QED) is 0.471. The van der Waals surface area contributed by atoms with E-state index in [1.165, 1.54) is 4.90 Å². The molecule has 6 nitrogen and oxygen atoms in total. The SMILES string of the molecule is C/C=C/CN1C(=O)C2(NC(=O)NC2=O)c2ccccc21. The van der Waals surface area contributed by atoms with E-state index in [2.05, 4.69) is 10.6 Å². The fraction of sp³-hybridized carbons (Fsp3) is 0.214. The molecule has 2 N–H and O–H groups in total. The van der Waals surface area contributed by atoms with Gasteiger partial charge in [0.25, 0.3) is 11.8 Å². The predicted octanol–water partition coefficient (Wildman–Crippen LogP) is 0.644. The molecule has 1 aromatic carbocycles. The number of amides is 4. The highest BCUT2D eigenvalue weighted by molar-refractivity contribution is 6.27. The average molecular weight is 271 g/mol. The van der Waals surface area contributed by atoms with Crippen molar-refractivity contribution < 1.29 is 14.4 Å². The lowest BCUT2D eigenvalue weighted by atomic mass is 9.92. The lowest BCUT2D eigenvalue weighted by Crippen LogP contribution is -2.52. The molecule has 1 aromatic rings. The second kappa shape index (κ2) is 4.19. The number of anilines is 1. The third-order valence-electron chi connectivity index (χ3n) is 3.56. The van der Waals surface area contributed by atoms with Gasteiger partial charge in [0.2, 0.25) is 5.54 Å². The van der Waals surface area contributed by atoms with E-state index in [0.717, 1.165) is 0 Å². The Hall–Kier alpha value is -2.63. The van der Waals surface area contributed by atoms with Crippen LogP contribution in [0.1, 0.15) is 12.5 Å². The Labute approximate surface area is 115 Å². The molecule has 0 bridgehead atoms. The molecule has 0 aliphatic carbocycles. The Morgan fingerprint density at radius 2 is 2.00 bits per heavy atom. The van der Waals surface area contributed by atoms with Crippen LogP contribution in [0.2, 0.25) is 0 Å². The molecule has 2 aliphatic heterocycles. The topological polar surface area (TPSA) is 78.5 Å². The fourth-order valence-corrected chi connectivity index (χ4v) is 2.64. The molecule has 20 heavy (non-hydrogen) atoms. The Bertz CT molecular complexity index is 653. The van der Waals surface area contributed by atoms with Crippen molar-refractivity contribution in [2.75, 3.05) is 11.4 Å². The summed E-state index contributed by atoms with van der Waals surface area (Å²) >= 11 is 0. The highest BCUT2D eigenvalue weighted by Crippen LogP contribution is 2.41. The summed E-state index contributed by atoms with van der Waals surface area (Å²) in [5.74, 6) is -1.05. The normalized spacial score (nSPS) is 24.4. The minimum Gasteiger partial charge on any atom is -0.312 e. The minimum atomic E-state index is -1.62. The van der Waals surface area contributed by atoms with Crippen LogP contribution in [0, 0.1) is 0 Å². The van der Waals surface area contributed by atoms with E-state index in [9.17, 15) is 14.4 Å². The molecule has 6 heteroatoms. The van der Waals surface area contributed by atoms with Crippen molar-refractivity contribution in [3.05, 3.63) is 42.0 Å². The molecule has 0 aromatic heterocycles. The van der Waals surface area contributed by atoms with Crippen LogP contribution in [0.5, 0.6) is 0 Å². The molecule has 0 radical (unpaired) electrons. The summed E-state index contributed by atoms with van der Waals surface area (Å²) in [5.41, 5.74) is -0.458. The monoisotopic (exact) mass is 271 g/mol. The molecular formula is C14H13N3O3. The zero-order valence-corrected chi connectivity index (χ0v) is 10.8. The summed E-state index contributed by atoms with van der Waals surface area (Å²) in [6.45, 7) is 2.21. The van der Waals surface area contributed by atoms with Crippen molar-refractivity contribution in [2.24, 2.45) is 0 Å². The van der Waals surface area contributed by atoms with E-state index in [4.69, 9.17) is 0 Å². The largest absolute Gasteiger partial charge is 0.323 e. The molecule has 2 heterocycles. The smallest absolute Gasteiger partial charge is 0.312 e. The van der Waals surface area contributed by atoms with Gasteiger partial charge in [0.15, 0.2) is 0 Å². The number of hydrogen-bond acceptors (Lipinski definition) is 3. The molecule has 0 saturated carbocycles. The lowest BCUT2D eigenvalue weighted by Gasteiger charge is -2.20. The van der Waals surface area contributed by atoms with Crippen LogP contribution in [0.3, 0.4) is 0 Å². The molecule has 4 amide bonds. The van der Waals surface area contributed by atoms with Crippen molar-refractivity contribution >= 4 is 23.5 Å². The number of fused-ring (bicyclic) bond motifs is 2. The van der Waals surface area contributed by atoms with Crippen molar-refractivity contribution in [1.82, 2.24) is 10.6 Å². The number of carbonyl (C=O) groups excluding carboxylic acids is 3. The van der Waals surface area contributed by atoms with E-state index < -0.39 is 23.4 Å². The zero-order valence-electron chi connectivity index (χ0n) is 10.8. The van der Waals surface area contributed by atoms with E-state index in [-0.39, 0.29) is 0 Å². The number of para-hydroxylation sites is 1. The average Bonchev–Trinajstić information content (AvgIpc) is 2.86. The van der Waals surface area contributed by atoms with Gasteiger partial charge >= 0.3 is 6.03 Å². The van der Waals surface area contributed by atoms with Gasteiger partial charge in [0.1, 0.15) is 0 Å². The molecule has 2 aliphatic rings. The molecule has 1 spiro atoms. The third kappa shape index (κ3) is 1.41. The van der Waals surface area contributed by atoms with Crippen molar-refractivity contribution in [1.29, 1.82) is 0 Å². The van der Waals surface area contributed by atoms with Gasteiger partial charge in [-0.3, -0.25) is 14.9 Å². The number of hydrogen-bond donors (Lipinski definition) is 2. The predicted molar refractivity (Wildman–Crippen MR) is 72.0 cm³/mol. The number of urea groups is 1. The first-order valence-electron chi connectivity index (χ1n) is 6.27. The van der Waals surface area contributed by atoms with Crippen LogP contribution in [-0.2, 0) is 15.1 Å². The van der Waals surface area contributed by atoms with E-state index in [1.54, 1.807) is 24.3 Å². The Kier molecular flexibility index (Phi) is 2.60. The lowest BCUT2D eigenvalue weighted by molar-refractivity contribution is -0.133. The van der Waals surface area contributed by atoms with Crippen molar-refractivity contribution in [2.45, 2.75) is 12.5 Å². The zero-order chi connectivity index (χ0) is 14.3. The first-order valence-corrected chi connectivity index (χ1v) is 6.27. The van der Waals surface area contributed by atoms with Gasteiger partial charge in [-0.1, -0.05) is 30.4 Å². The number of carbonyl (C=O) groups is 3. The summed E-state index contributed by atoms with van der Waals surface area (Å²) in [6, 6.07) is 6.34. The van der Waals surface area contributed by atoms with Gasteiger partial charge in [-0.25, -0.2) is 4.79 Å². The molecule has 102 valence electrons. The van der Waals surface area contributed by atoms with Crippen molar-refractivity contribution in [3.63, 3.8) is 0 Å². The summed E-state index contributed by atoms with van der Waals surface area (Å²) in [6.07, 6.45) is 3.65. The number of imide groups is 1. The first-order chi connectivity index (χ1) is 9.61. The summed E-state index contributed by atoms with van der Waals surface area (Å²) in [7, 11) is 0. The number of allylic oxidation sites excluding steroid dienone is 1. The Balaban J connectivity index is 2.16. The van der Waals surface area contributed by atoms with Crippen LogP contribution in [0.25, 0.3) is 0 Å². The third-order valence-corrected chi connectivity index (χ3v) is 3.56. The van der Waals surface area contributed by atoms with Gasteiger partial charge in [-0.05, 0) is 13.0 Å². The molecule has 1 saturated heterocycles. The van der Waals surface area contributed by atoms with Crippen molar-refractivity contribution in [3.8, 4) is 0 Å². The van der Waals surface area contributed by atoms with E-state index in [0.29, 0.717) is 17.8 Å². The van der Waals surface area contributed by atoms with Crippen LogP contribution in [0.4, 0.5) is 10.5 Å². The number of rotatable bonds is 2. The number of benzene rings is 1. The Morgan fingerprint density at radius 3 is 2.65 bits per heavy atom. The molecule has 3 rings (SSSR count). The van der Waals surface area contributed by atoms with Crippen LogP contribution in [-0.4, -0.2) is 24.4 Å². The maximum Gasteiger partial charge on any atom is 0.323 e. The van der Waals surface area contributed by atoms with Gasteiger partial charge < -0.3 is 10.2 Å². The molecule has 1 atom stereocenters. The minimum absolute atomic E-state index is 0.358. The standard InChI is InChI=1S/C14H13N3O3/c1-2-3-8-17-10-7-5-4-6-9(10)14(12(17)19)11(18)15-13(20)16-14/h2-7H,8H2,1H3,(H2,15,16,18,20)/b3-2+. The fourth-order valence-electron chi connectivity index (χ4n) is 2.64. The summed E-state index contributed by atoms with van der Waals surface area (Å²) in [5, 5.41) is 4.62. The maximum absolute atomic E-state index is 12.7. The molecular weight excluding hydrogens is 258 g/mol. The van der Waals surface area contributed by atoms with Crippen LogP contribution in [0.15, 0.2) is 36.4 Å². The van der Waals surface area contributed by atoms with Gasteiger partial charge in [0.05, 0.1) is 5.69 Å². The van der Waals surface area contributed by atoms with E-state index in [1.807, 2.05) is 19.1 Å². The van der Waals surface area contributed by atoms with Crippen LogP contribution < -0.4 is 15.5 Å². The maximum atomic E-state index is 12.7. The van der Waals surface area contributed by atoms with E-state index >= 15 is 0 Å². The molecule has 1 fully saturated rings. The summed E-state index contributed by atoms with van der Waals surface area (Å²) < 4.78 is 0. The number of nitrogens with one attached hydrogen (secondary N) is 2. The molecule has 1 unspecified atom stereocenters. The summed E-state index contributed by atoms with van der Waals surface area (Å²) in [4.78, 5) is 37.8. The van der Waals surface area contributed by atoms with Crippen LogP contribution >= 0.6 is 0 Å². The first kappa shape index (κ1) is 12.4. The van der Waals surface area contributed by atoms with Gasteiger partial charge in [-0.2, -0.15) is 0 Å². The highest BCUT2D eigenvalue weighted by atomic mass is 16.2. The van der Waals surface area contributed by atoms with Gasteiger partial charge in [0, 0.05) is 12.1 Å². The second-order valence-electron chi connectivity index (χ2n) is 4.66. The Morgan fingerprint density at radius 1 is 1.25 bits per heavy atom. The van der Waals surface area contributed by atoms with Gasteiger partial charge in [-0.15, -0.1) is 0 Å². The number of nitrogens with zero attached hydrogens (tertiary/aromatic N) is 1. The second-order valence-corrected chi connectivity index (χ2v) is 4.66. The highest BCUT2D eigenvalue weighted by Gasteiger charge is 2.60.